The molecule has 6 nitrogen and oxygen atoms in total. The first-order valence-electron chi connectivity index (χ1n) is 6.74. The summed E-state index contributed by atoms with van der Waals surface area (Å²) in [5.41, 5.74) is 2.92. The summed E-state index contributed by atoms with van der Waals surface area (Å²) in [4.78, 5) is 0. The number of H-pyrrole nitrogens is 1. The van der Waals surface area contributed by atoms with Gasteiger partial charge in [-0.25, -0.2) is 0 Å². The lowest BCUT2D eigenvalue weighted by molar-refractivity contribution is 0.199. The van der Waals surface area contributed by atoms with Gasteiger partial charge in [-0.05, 0) is 18.2 Å². The van der Waals surface area contributed by atoms with Gasteiger partial charge in [0.25, 0.3) is 0 Å². The lowest BCUT2D eigenvalue weighted by Gasteiger charge is -2.11. The summed E-state index contributed by atoms with van der Waals surface area (Å²) in [6.45, 7) is 2.17. The first kappa shape index (κ1) is 15.3. The van der Waals surface area contributed by atoms with E-state index in [1.807, 2.05) is 24.4 Å². The van der Waals surface area contributed by atoms with Gasteiger partial charge in [0.2, 0.25) is 0 Å². The van der Waals surface area contributed by atoms with Crippen LogP contribution in [0.3, 0.4) is 0 Å². The molecule has 0 aliphatic rings. The van der Waals surface area contributed by atoms with Crippen LogP contribution < -0.4 is 14.8 Å². The molecule has 0 radical (unpaired) electrons. The van der Waals surface area contributed by atoms with Gasteiger partial charge in [0.15, 0.2) is 0 Å². The molecule has 0 amide bonds. The SMILES string of the molecule is COCCNCc1cn[nH]c1-c1cc(OC)ccc1OC. The van der Waals surface area contributed by atoms with Crippen molar-refractivity contribution in [2.45, 2.75) is 6.54 Å². The van der Waals surface area contributed by atoms with E-state index in [1.165, 1.54) is 0 Å². The Kier molecular flexibility index (Phi) is 5.59. The van der Waals surface area contributed by atoms with Crippen LogP contribution in [0.2, 0.25) is 0 Å². The molecule has 114 valence electrons. The molecule has 2 aromatic rings. The lowest BCUT2D eigenvalue weighted by Crippen LogP contribution is -2.18. The largest absolute Gasteiger partial charge is 0.497 e. The highest BCUT2D eigenvalue weighted by molar-refractivity contribution is 5.71. The predicted molar refractivity (Wildman–Crippen MR) is 80.7 cm³/mol. The predicted octanol–water partition coefficient (Wildman–Crippen LogP) is 1.83. The van der Waals surface area contributed by atoms with Gasteiger partial charge < -0.3 is 19.5 Å². The fourth-order valence-corrected chi connectivity index (χ4v) is 2.09. The van der Waals surface area contributed by atoms with E-state index in [0.29, 0.717) is 13.2 Å². The number of aromatic nitrogens is 2. The second-order valence-electron chi connectivity index (χ2n) is 4.51. The Bertz CT molecular complexity index is 569. The smallest absolute Gasteiger partial charge is 0.128 e. The molecule has 2 N–H and O–H groups in total. The summed E-state index contributed by atoms with van der Waals surface area (Å²) in [5.74, 6) is 1.55. The number of methoxy groups -OCH3 is 3. The van der Waals surface area contributed by atoms with Gasteiger partial charge in [0, 0.05) is 31.3 Å². The molecule has 0 fully saturated rings. The number of aromatic amines is 1. The first-order chi connectivity index (χ1) is 10.3. The number of hydrogen-bond acceptors (Lipinski definition) is 5. The van der Waals surface area contributed by atoms with Gasteiger partial charge in [-0.2, -0.15) is 5.10 Å². The van der Waals surface area contributed by atoms with E-state index in [2.05, 4.69) is 15.5 Å². The van der Waals surface area contributed by atoms with E-state index >= 15 is 0 Å². The van der Waals surface area contributed by atoms with Crippen LogP contribution in [0.4, 0.5) is 0 Å². The molecule has 1 heterocycles. The lowest BCUT2D eigenvalue weighted by atomic mass is 10.1. The van der Waals surface area contributed by atoms with Gasteiger partial charge in [-0.1, -0.05) is 0 Å². The molecule has 0 bridgehead atoms. The van der Waals surface area contributed by atoms with Crippen LogP contribution in [0.1, 0.15) is 5.56 Å². The average Bonchev–Trinajstić information content (AvgIpc) is 2.99. The van der Waals surface area contributed by atoms with Gasteiger partial charge in [-0.3, -0.25) is 5.10 Å². The highest BCUT2D eigenvalue weighted by atomic mass is 16.5. The monoisotopic (exact) mass is 291 g/mol. The van der Waals surface area contributed by atoms with Crippen molar-refractivity contribution in [1.82, 2.24) is 15.5 Å². The van der Waals surface area contributed by atoms with Gasteiger partial charge >= 0.3 is 0 Å². The summed E-state index contributed by atoms with van der Waals surface area (Å²) >= 11 is 0. The maximum Gasteiger partial charge on any atom is 0.128 e. The van der Waals surface area contributed by atoms with E-state index in [1.54, 1.807) is 21.3 Å². The molecule has 21 heavy (non-hydrogen) atoms. The Balaban J connectivity index is 2.23. The zero-order valence-corrected chi connectivity index (χ0v) is 12.6. The second-order valence-corrected chi connectivity index (χ2v) is 4.51. The first-order valence-corrected chi connectivity index (χ1v) is 6.74. The Hall–Kier alpha value is -2.05. The van der Waals surface area contributed by atoms with Crippen molar-refractivity contribution < 1.29 is 14.2 Å². The number of ether oxygens (including phenoxy) is 3. The van der Waals surface area contributed by atoms with Crippen LogP contribution in [-0.2, 0) is 11.3 Å². The van der Waals surface area contributed by atoms with Crippen LogP contribution in [0, 0.1) is 0 Å². The molecule has 0 spiro atoms. The Morgan fingerprint density at radius 1 is 1.19 bits per heavy atom. The average molecular weight is 291 g/mol. The van der Waals surface area contributed by atoms with E-state index in [0.717, 1.165) is 34.9 Å². The molecule has 2 rings (SSSR count). The molecule has 1 aromatic carbocycles. The van der Waals surface area contributed by atoms with Gasteiger partial charge in [0.1, 0.15) is 11.5 Å². The van der Waals surface area contributed by atoms with Crippen LogP contribution in [0.5, 0.6) is 11.5 Å². The van der Waals surface area contributed by atoms with Crippen molar-refractivity contribution >= 4 is 0 Å². The summed E-state index contributed by atoms with van der Waals surface area (Å²) < 4.78 is 15.7. The van der Waals surface area contributed by atoms with Crippen molar-refractivity contribution in [3.05, 3.63) is 30.0 Å². The van der Waals surface area contributed by atoms with Gasteiger partial charge in [0.05, 0.1) is 32.7 Å². The molecule has 1 aromatic heterocycles. The molecular formula is C15H21N3O3. The quantitative estimate of drug-likeness (QED) is 0.726. The van der Waals surface area contributed by atoms with Crippen molar-refractivity contribution in [2.24, 2.45) is 0 Å². The third-order valence-electron chi connectivity index (χ3n) is 3.19. The molecule has 0 saturated carbocycles. The van der Waals surface area contributed by atoms with Crippen LogP contribution in [0.25, 0.3) is 11.3 Å². The van der Waals surface area contributed by atoms with Gasteiger partial charge in [-0.15, -0.1) is 0 Å². The molecular weight excluding hydrogens is 270 g/mol. The Morgan fingerprint density at radius 2 is 2.05 bits per heavy atom. The molecule has 6 heteroatoms. The Morgan fingerprint density at radius 3 is 2.76 bits per heavy atom. The minimum Gasteiger partial charge on any atom is -0.497 e. The minimum atomic E-state index is 0.676. The van der Waals surface area contributed by atoms with Crippen molar-refractivity contribution in [3.8, 4) is 22.8 Å². The summed E-state index contributed by atoms with van der Waals surface area (Å²) in [6, 6.07) is 5.69. The topological polar surface area (TPSA) is 68.4 Å². The third-order valence-corrected chi connectivity index (χ3v) is 3.19. The normalized spacial score (nSPS) is 10.6. The summed E-state index contributed by atoms with van der Waals surface area (Å²) in [5, 5.41) is 10.5. The van der Waals surface area contributed by atoms with E-state index in [9.17, 15) is 0 Å². The minimum absolute atomic E-state index is 0.676. The number of benzene rings is 1. The van der Waals surface area contributed by atoms with E-state index in [-0.39, 0.29) is 0 Å². The highest BCUT2D eigenvalue weighted by Gasteiger charge is 2.13. The van der Waals surface area contributed by atoms with Crippen LogP contribution in [0.15, 0.2) is 24.4 Å². The molecule has 0 aliphatic carbocycles. The highest BCUT2D eigenvalue weighted by Crippen LogP contribution is 2.33. The number of rotatable bonds is 8. The zero-order valence-electron chi connectivity index (χ0n) is 12.6. The summed E-state index contributed by atoms with van der Waals surface area (Å²) in [6.07, 6.45) is 1.81. The molecule has 0 saturated heterocycles. The second kappa shape index (κ2) is 7.66. The van der Waals surface area contributed by atoms with E-state index < -0.39 is 0 Å². The Labute approximate surface area is 124 Å². The maximum atomic E-state index is 5.42. The maximum absolute atomic E-state index is 5.42. The standard InChI is InChI=1S/C15H21N3O3/c1-19-7-6-16-9-11-10-17-18-15(11)13-8-12(20-2)4-5-14(13)21-3/h4-5,8,10,16H,6-7,9H2,1-3H3,(H,17,18). The number of nitrogens with zero attached hydrogens (tertiary/aromatic N) is 1. The van der Waals surface area contributed by atoms with Crippen LogP contribution >= 0.6 is 0 Å². The zero-order chi connectivity index (χ0) is 15.1. The van der Waals surface area contributed by atoms with Crippen LogP contribution in [-0.4, -0.2) is 44.7 Å². The number of hydrogen-bond donors (Lipinski definition) is 2. The molecule has 0 aliphatic heterocycles. The number of nitrogens with one attached hydrogen (secondary N) is 2. The fourth-order valence-electron chi connectivity index (χ4n) is 2.09. The molecule has 0 atom stereocenters. The third kappa shape index (κ3) is 3.74. The van der Waals surface area contributed by atoms with Crippen molar-refractivity contribution in [2.75, 3.05) is 34.5 Å². The van der Waals surface area contributed by atoms with E-state index in [4.69, 9.17) is 14.2 Å². The molecule has 0 unspecified atom stereocenters. The van der Waals surface area contributed by atoms with Crippen molar-refractivity contribution in [1.29, 1.82) is 0 Å². The fraction of sp³-hybridized carbons (Fsp3) is 0.400. The summed E-state index contributed by atoms with van der Waals surface area (Å²) in [7, 11) is 4.98. The van der Waals surface area contributed by atoms with Crippen molar-refractivity contribution in [3.63, 3.8) is 0 Å².